The first-order chi connectivity index (χ1) is 8.58. The zero-order valence-electron chi connectivity index (χ0n) is 9.65. The van der Waals surface area contributed by atoms with Crippen molar-refractivity contribution in [3.63, 3.8) is 0 Å². The van der Waals surface area contributed by atoms with Gasteiger partial charge in [-0.2, -0.15) is 0 Å². The van der Waals surface area contributed by atoms with E-state index in [9.17, 15) is 9.59 Å². The molecule has 2 N–H and O–H groups in total. The van der Waals surface area contributed by atoms with Crippen molar-refractivity contribution in [2.24, 2.45) is 0 Å². The lowest BCUT2D eigenvalue weighted by molar-refractivity contribution is -0.119. The molecule has 0 unspecified atom stereocenters. The third-order valence-electron chi connectivity index (χ3n) is 2.81. The van der Waals surface area contributed by atoms with Crippen LogP contribution in [0, 0.1) is 0 Å². The van der Waals surface area contributed by atoms with Gasteiger partial charge in [0, 0.05) is 23.2 Å². The van der Waals surface area contributed by atoms with E-state index in [4.69, 9.17) is 5.11 Å². The summed E-state index contributed by atoms with van der Waals surface area (Å²) in [7, 11) is 0. The van der Waals surface area contributed by atoms with Gasteiger partial charge in [0.25, 0.3) is 0 Å². The summed E-state index contributed by atoms with van der Waals surface area (Å²) in [5, 5.41) is 11.7. The number of amides is 1. The van der Waals surface area contributed by atoms with Gasteiger partial charge in [0.1, 0.15) is 0 Å². The Morgan fingerprint density at radius 3 is 2.89 bits per heavy atom. The van der Waals surface area contributed by atoms with Crippen LogP contribution < -0.4 is 10.2 Å². The van der Waals surface area contributed by atoms with Gasteiger partial charge < -0.3 is 15.3 Å². The molecule has 1 heterocycles. The molecule has 0 aliphatic carbocycles. The molecule has 1 fully saturated rings. The maximum absolute atomic E-state index is 11.5. The van der Waals surface area contributed by atoms with E-state index < -0.39 is 5.97 Å². The fourth-order valence-electron chi connectivity index (χ4n) is 1.90. The van der Waals surface area contributed by atoms with E-state index in [0.717, 1.165) is 18.7 Å². The molecule has 6 heteroatoms. The van der Waals surface area contributed by atoms with Gasteiger partial charge in [-0.1, -0.05) is 0 Å². The lowest BCUT2D eigenvalue weighted by Crippen LogP contribution is -2.33. The maximum atomic E-state index is 11.5. The number of carboxylic acid groups (broad SMARTS) is 1. The molecular weight excluding hydrogens is 300 g/mol. The van der Waals surface area contributed by atoms with E-state index in [-0.39, 0.29) is 11.5 Å². The van der Waals surface area contributed by atoms with E-state index >= 15 is 0 Å². The minimum atomic E-state index is -0.970. The molecule has 0 aromatic heterocycles. The predicted octanol–water partition coefficient (Wildman–Crippen LogP) is 1.47. The summed E-state index contributed by atoms with van der Waals surface area (Å²) in [6.45, 7) is 1.76. The molecule has 18 heavy (non-hydrogen) atoms. The van der Waals surface area contributed by atoms with Crippen LogP contribution in [0.25, 0.3) is 0 Å². The second-order valence-electron chi connectivity index (χ2n) is 4.09. The summed E-state index contributed by atoms with van der Waals surface area (Å²) in [6.07, 6.45) is 0.879. The molecule has 0 saturated carbocycles. The summed E-state index contributed by atoms with van der Waals surface area (Å²) in [5.74, 6) is -0.979. The van der Waals surface area contributed by atoms with Gasteiger partial charge in [-0.3, -0.25) is 4.79 Å². The van der Waals surface area contributed by atoms with Crippen molar-refractivity contribution in [1.29, 1.82) is 0 Å². The summed E-state index contributed by atoms with van der Waals surface area (Å²) >= 11 is 3.24. The third-order valence-corrected chi connectivity index (χ3v) is 3.47. The summed E-state index contributed by atoms with van der Waals surface area (Å²) in [5.41, 5.74) is 1.07. The van der Waals surface area contributed by atoms with Gasteiger partial charge in [-0.25, -0.2) is 4.79 Å². The molecule has 1 aromatic rings. The first kappa shape index (κ1) is 12.9. The number of aromatic carboxylic acids is 1. The second-order valence-corrected chi connectivity index (χ2v) is 4.95. The number of halogens is 1. The Kier molecular flexibility index (Phi) is 3.86. The van der Waals surface area contributed by atoms with Crippen molar-refractivity contribution in [3.8, 4) is 0 Å². The average molecular weight is 313 g/mol. The van der Waals surface area contributed by atoms with E-state index in [1.165, 1.54) is 0 Å². The number of carbonyl (C=O) groups excluding carboxylic acids is 1. The van der Waals surface area contributed by atoms with Crippen LogP contribution in [0.4, 0.5) is 5.69 Å². The number of rotatable bonds is 2. The monoisotopic (exact) mass is 312 g/mol. The molecule has 5 nitrogen and oxygen atoms in total. The van der Waals surface area contributed by atoms with Crippen LogP contribution in [0.5, 0.6) is 0 Å². The Labute approximate surface area is 113 Å². The number of nitrogens with zero attached hydrogens (tertiary/aromatic N) is 1. The van der Waals surface area contributed by atoms with Crippen molar-refractivity contribution in [2.75, 3.05) is 24.5 Å². The Morgan fingerprint density at radius 2 is 2.22 bits per heavy atom. The van der Waals surface area contributed by atoms with E-state index in [1.54, 1.807) is 18.2 Å². The SMILES string of the molecule is O=C1CN(c2ccc(C(=O)O)c(Br)c2)CCCN1. The standard InChI is InChI=1S/C12H13BrN2O3/c13-10-6-8(2-3-9(10)12(17)18)15-5-1-4-14-11(16)7-15/h2-3,6H,1,4-5,7H2,(H,14,16)(H,17,18). The van der Waals surface area contributed by atoms with Crippen LogP contribution in [0.1, 0.15) is 16.8 Å². The minimum Gasteiger partial charge on any atom is -0.478 e. The van der Waals surface area contributed by atoms with Gasteiger partial charge in [-0.15, -0.1) is 0 Å². The lowest BCUT2D eigenvalue weighted by atomic mass is 10.2. The van der Waals surface area contributed by atoms with Crippen molar-refractivity contribution in [2.45, 2.75) is 6.42 Å². The number of hydrogen-bond donors (Lipinski definition) is 2. The second kappa shape index (κ2) is 5.39. The molecule has 0 atom stereocenters. The summed E-state index contributed by atoms with van der Waals surface area (Å²) in [6, 6.07) is 5.01. The Hall–Kier alpha value is -1.56. The Bertz CT molecular complexity index is 490. The number of anilines is 1. The van der Waals surface area contributed by atoms with Gasteiger partial charge in [-0.05, 0) is 40.5 Å². The predicted molar refractivity (Wildman–Crippen MR) is 70.9 cm³/mol. The highest BCUT2D eigenvalue weighted by atomic mass is 79.9. The van der Waals surface area contributed by atoms with Crippen LogP contribution in [0.2, 0.25) is 0 Å². The molecule has 1 aromatic carbocycles. The van der Waals surface area contributed by atoms with Gasteiger partial charge in [0.2, 0.25) is 5.91 Å². The fraction of sp³-hybridized carbons (Fsp3) is 0.333. The highest BCUT2D eigenvalue weighted by Crippen LogP contribution is 2.24. The van der Waals surface area contributed by atoms with Crippen molar-refractivity contribution in [1.82, 2.24) is 5.32 Å². The molecule has 96 valence electrons. The normalized spacial score (nSPS) is 16.1. The quantitative estimate of drug-likeness (QED) is 0.867. The number of hydrogen-bond acceptors (Lipinski definition) is 3. The largest absolute Gasteiger partial charge is 0.478 e. The highest BCUT2D eigenvalue weighted by molar-refractivity contribution is 9.10. The van der Waals surface area contributed by atoms with E-state index in [2.05, 4.69) is 21.2 Å². The number of carboxylic acids is 1. The van der Waals surface area contributed by atoms with E-state index in [0.29, 0.717) is 17.6 Å². The molecule has 1 aliphatic heterocycles. The zero-order chi connectivity index (χ0) is 13.1. The van der Waals surface area contributed by atoms with Crippen molar-refractivity contribution in [3.05, 3.63) is 28.2 Å². The summed E-state index contributed by atoms with van der Waals surface area (Å²) in [4.78, 5) is 24.3. The molecule has 1 saturated heterocycles. The van der Waals surface area contributed by atoms with Crippen LogP contribution in [0.3, 0.4) is 0 Å². The fourth-order valence-corrected chi connectivity index (χ4v) is 2.44. The topological polar surface area (TPSA) is 69.6 Å². The molecule has 0 spiro atoms. The first-order valence-electron chi connectivity index (χ1n) is 5.62. The molecule has 1 aliphatic rings. The van der Waals surface area contributed by atoms with Crippen LogP contribution >= 0.6 is 15.9 Å². The molecule has 0 radical (unpaired) electrons. The van der Waals surface area contributed by atoms with Crippen LogP contribution in [-0.4, -0.2) is 36.6 Å². The highest BCUT2D eigenvalue weighted by Gasteiger charge is 2.16. The lowest BCUT2D eigenvalue weighted by Gasteiger charge is -2.21. The van der Waals surface area contributed by atoms with Crippen LogP contribution in [-0.2, 0) is 4.79 Å². The number of benzene rings is 1. The third kappa shape index (κ3) is 2.81. The van der Waals surface area contributed by atoms with Gasteiger partial charge in [0.05, 0.1) is 12.1 Å². The first-order valence-corrected chi connectivity index (χ1v) is 6.42. The van der Waals surface area contributed by atoms with Gasteiger partial charge in [0.15, 0.2) is 0 Å². The number of carbonyl (C=O) groups is 2. The minimum absolute atomic E-state index is 0.00839. The molecule has 1 amide bonds. The van der Waals surface area contributed by atoms with Crippen molar-refractivity contribution >= 4 is 33.5 Å². The summed E-state index contributed by atoms with van der Waals surface area (Å²) < 4.78 is 0.525. The Morgan fingerprint density at radius 1 is 1.44 bits per heavy atom. The zero-order valence-corrected chi connectivity index (χ0v) is 11.2. The molecule has 0 bridgehead atoms. The molecule has 2 rings (SSSR count). The van der Waals surface area contributed by atoms with Crippen molar-refractivity contribution < 1.29 is 14.7 Å². The van der Waals surface area contributed by atoms with E-state index in [1.807, 2.05) is 4.90 Å². The number of nitrogens with one attached hydrogen (secondary N) is 1. The Balaban J connectivity index is 2.25. The molecular formula is C12H13BrN2O3. The van der Waals surface area contributed by atoms with Gasteiger partial charge >= 0.3 is 5.97 Å². The maximum Gasteiger partial charge on any atom is 0.336 e. The smallest absolute Gasteiger partial charge is 0.336 e. The average Bonchev–Trinajstić information content (AvgIpc) is 2.53. The van der Waals surface area contributed by atoms with Crippen LogP contribution in [0.15, 0.2) is 22.7 Å².